The zero-order chi connectivity index (χ0) is 30.9. The van der Waals surface area contributed by atoms with Crippen LogP contribution in [0.4, 0.5) is 23.5 Å². The Balaban J connectivity index is 1.38. The lowest BCUT2D eigenvalue weighted by molar-refractivity contribution is -0.137. The average Bonchev–Trinajstić information content (AvgIpc) is 3.33. The number of anilines is 1. The number of rotatable bonds is 10. The van der Waals surface area contributed by atoms with E-state index in [1.54, 1.807) is 11.9 Å². The molecule has 0 spiro atoms. The Morgan fingerprint density at radius 1 is 1.17 bits per heavy atom. The van der Waals surface area contributed by atoms with E-state index in [9.17, 15) is 31.5 Å². The lowest BCUT2D eigenvalue weighted by Crippen LogP contribution is -2.51. The number of carbonyl (C=O) groups excluding carboxylic acids is 1. The van der Waals surface area contributed by atoms with E-state index in [0.29, 0.717) is 32.3 Å². The van der Waals surface area contributed by atoms with E-state index < -0.39 is 51.8 Å². The van der Waals surface area contributed by atoms with Crippen LogP contribution in [-0.2, 0) is 27.5 Å². The van der Waals surface area contributed by atoms with Gasteiger partial charge in [-0.1, -0.05) is 0 Å². The minimum atomic E-state index is -4.77. The quantitative estimate of drug-likeness (QED) is 0.378. The van der Waals surface area contributed by atoms with Crippen molar-refractivity contribution in [3.63, 3.8) is 0 Å². The molecule has 2 N–H and O–H groups in total. The highest BCUT2D eigenvalue weighted by Gasteiger charge is 2.38. The molecule has 4 rings (SSSR count). The molecule has 2 fully saturated rings. The van der Waals surface area contributed by atoms with Crippen molar-refractivity contribution in [3.05, 3.63) is 24.2 Å². The molecule has 0 unspecified atom stereocenters. The van der Waals surface area contributed by atoms with Gasteiger partial charge in [-0.15, -0.1) is 0 Å². The number of aromatic nitrogens is 4. The number of piperidine rings is 1. The van der Waals surface area contributed by atoms with Gasteiger partial charge in [0.15, 0.2) is 0 Å². The van der Waals surface area contributed by atoms with Crippen LogP contribution in [0.5, 0.6) is 0 Å². The van der Waals surface area contributed by atoms with E-state index in [1.807, 2.05) is 4.90 Å². The summed E-state index contributed by atoms with van der Waals surface area (Å²) in [5.74, 6) is -0.451. The smallest absolute Gasteiger partial charge is 0.389 e. The lowest BCUT2D eigenvalue weighted by atomic mass is 10.1. The van der Waals surface area contributed by atoms with E-state index in [1.165, 1.54) is 30.9 Å². The number of halogens is 4. The van der Waals surface area contributed by atoms with Gasteiger partial charge in [0.05, 0.1) is 42.4 Å². The number of hydrogen-bond donors (Lipinski definition) is 2. The summed E-state index contributed by atoms with van der Waals surface area (Å²) >= 11 is 0. The first-order valence-corrected chi connectivity index (χ1v) is 15.2. The third kappa shape index (κ3) is 8.14. The van der Waals surface area contributed by atoms with Gasteiger partial charge in [-0.2, -0.15) is 22.6 Å². The molecule has 1 amide bonds. The van der Waals surface area contributed by atoms with Crippen LogP contribution in [0.15, 0.2) is 18.6 Å². The average molecular weight is 621 g/mol. The molecule has 2 saturated heterocycles. The van der Waals surface area contributed by atoms with E-state index >= 15 is 4.39 Å². The summed E-state index contributed by atoms with van der Waals surface area (Å²) in [5, 5.41) is 16.7. The first-order valence-electron chi connectivity index (χ1n) is 13.6. The third-order valence-corrected chi connectivity index (χ3v) is 9.10. The maximum atomic E-state index is 15.2. The lowest BCUT2D eigenvalue weighted by Gasteiger charge is -2.35. The van der Waals surface area contributed by atoms with Crippen LogP contribution < -0.4 is 5.32 Å². The van der Waals surface area contributed by atoms with Crippen molar-refractivity contribution < 1.29 is 35.9 Å². The summed E-state index contributed by atoms with van der Waals surface area (Å²) in [6, 6.07) is -0.921. The highest BCUT2D eigenvalue weighted by Crippen LogP contribution is 2.36. The van der Waals surface area contributed by atoms with Crippen molar-refractivity contribution in [1.29, 1.82) is 0 Å². The number of nitrogens with one attached hydrogen (secondary N) is 1. The summed E-state index contributed by atoms with van der Waals surface area (Å²) in [7, 11) is -2.04. The number of piperazine rings is 1. The molecule has 42 heavy (non-hydrogen) atoms. The van der Waals surface area contributed by atoms with Gasteiger partial charge in [-0.05, 0) is 33.2 Å². The van der Waals surface area contributed by atoms with Crippen LogP contribution in [0, 0.1) is 0 Å². The maximum absolute atomic E-state index is 15.2. The number of sulfonamides is 1. The number of carbonyl (C=O) groups is 1. The number of hydrogen-bond acceptors (Lipinski definition) is 9. The van der Waals surface area contributed by atoms with Gasteiger partial charge in [0.1, 0.15) is 11.7 Å². The molecule has 2 aromatic heterocycles. The highest BCUT2D eigenvalue weighted by atomic mass is 32.2. The van der Waals surface area contributed by atoms with Gasteiger partial charge >= 0.3 is 6.18 Å². The van der Waals surface area contributed by atoms with Crippen molar-refractivity contribution in [3.8, 4) is 11.3 Å². The molecule has 0 saturated carbocycles. The normalized spacial score (nSPS) is 21.6. The van der Waals surface area contributed by atoms with Crippen LogP contribution in [0.3, 0.4) is 0 Å². The first-order chi connectivity index (χ1) is 19.5. The van der Waals surface area contributed by atoms with E-state index in [0.717, 1.165) is 4.31 Å². The Hall–Kier alpha value is -2.89. The molecule has 0 bridgehead atoms. The fourth-order valence-corrected chi connectivity index (χ4v) is 6.41. The Morgan fingerprint density at radius 3 is 2.55 bits per heavy atom. The SMILES string of the molecule is CN1CCN(CCCS(=O)(=O)N2CC[C@H](Nc3ncc(C(F)(F)F)c(-c4cnn(CC(C)(C)O)c4)n3)[C@H](F)C2)CC1=O. The molecule has 0 radical (unpaired) electrons. The fraction of sp³-hybridized carbons (Fsp3) is 0.680. The van der Waals surface area contributed by atoms with Crippen molar-refractivity contribution in [2.75, 3.05) is 57.4 Å². The molecular formula is C25H36F4N8O4S. The zero-order valence-electron chi connectivity index (χ0n) is 23.7. The van der Waals surface area contributed by atoms with Crippen molar-refractivity contribution in [1.82, 2.24) is 33.9 Å². The number of aliphatic hydroxyl groups is 1. The molecule has 4 heterocycles. The van der Waals surface area contributed by atoms with Crippen LogP contribution >= 0.6 is 0 Å². The summed E-state index contributed by atoms with van der Waals surface area (Å²) < 4.78 is 84.5. The van der Waals surface area contributed by atoms with Crippen molar-refractivity contribution in [2.24, 2.45) is 0 Å². The molecular weight excluding hydrogens is 584 g/mol. The molecule has 12 nitrogen and oxygen atoms in total. The Morgan fingerprint density at radius 2 is 1.90 bits per heavy atom. The summed E-state index contributed by atoms with van der Waals surface area (Å²) in [5.41, 5.74) is -2.68. The van der Waals surface area contributed by atoms with Crippen molar-refractivity contribution in [2.45, 2.75) is 57.2 Å². The minimum Gasteiger partial charge on any atom is -0.389 e. The zero-order valence-corrected chi connectivity index (χ0v) is 24.5. The minimum absolute atomic E-state index is 0.0185. The Labute approximate surface area is 241 Å². The highest BCUT2D eigenvalue weighted by molar-refractivity contribution is 7.89. The third-order valence-electron chi connectivity index (χ3n) is 7.17. The van der Waals surface area contributed by atoms with Crippen LogP contribution in [0.25, 0.3) is 11.3 Å². The van der Waals surface area contributed by atoms with E-state index in [4.69, 9.17) is 0 Å². The van der Waals surface area contributed by atoms with Crippen LogP contribution in [0.2, 0.25) is 0 Å². The first kappa shape index (κ1) is 32.0. The molecule has 2 aliphatic rings. The van der Waals surface area contributed by atoms with Gasteiger partial charge in [0.2, 0.25) is 21.9 Å². The number of amides is 1. The molecule has 17 heteroatoms. The van der Waals surface area contributed by atoms with Gasteiger partial charge in [0.25, 0.3) is 0 Å². The second-order valence-electron chi connectivity index (χ2n) is 11.4. The van der Waals surface area contributed by atoms with Gasteiger partial charge in [-0.25, -0.2) is 22.8 Å². The van der Waals surface area contributed by atoms with Crippen LogP contribution in [0.1, 0.15) is 32.3 Å². The maximum Gasteiger partial charge on any atom is 0.419 e. The second-order valence-corrected chi connectivity index (χ2v) is 13.5. The molecule has 234 valence electrons. The molecule has 2 atom stereocenters. The monoisotopic (exact) mass is 620 g/mol. The van der Waals surface area contributed by atoms with Gasteiger partial charge in [-0.3, -0.25) is 14.4 Å². The van der Waals surface area contributed by atoms with Gasteiger partial charge in [0, 0.05) is 51.2 Å². The number of alkyl halides is 4. The standard InChI is InChI=1S/C25H36F4N8O4S/c1-24(2,39)16-36-13-17(11-31-36)22-18(25(27,28)29)12-30-23(33-22)32-20-5-7-37(14-19(20)26)42(40,41)10-4-6-35-9-8-34(3)21(38)15-35/h11-13,19-20,39H,4-10,14-16H2,1-3H3,(H,30,32,33)/t19-,20+/m1/s1. The van der Waals surface area contributed by atoms with Crippen molar-refractivity contribution >= 4 is 21.9 Å². The number of nitrogens with zero attached hydrogens (tertiary/aromatic N) is 7. The summed E-state index contributed by atoms with van der Waals surface area (Å²) in [4.78, 5) is 23.1. The van der Waals surface area contributed by atoms with Crippen LogP contribution in [-0.4, -0.2) is 123 Å². The largest absolute Gasteiger partial charge is 0.419 e. The molecule has 0 aromatic carbocycles. The number of likely N-dealkylation sites (N-methyl/N-ethyl adjacent to an activating group) is 1. The Bertz CT molecular complexity index is 1360. The predicted molar refractivity (Wildman–Crippen MR) is 146 cm³/mol. The van der Waals surface area contributed by atoms with Gasteiger partial charge < -0.3 is 15.3 Å². The summed E-state index contributed by atoms with van der Waals surface area (Å²) in [6.45, 7) is 4.60. The fourth-order valence-electron chi connectivity index (χ4n) is 4.90. The topological polar surface area (TPSA) is 137 Å². The van der Waals surface area contributed by atoms with E-state index in [-0.39, 0.29) is 49.2 Å². The van der Waals surface area contributed by atoms with E-state index in [2.05, 4.69) is 20.4 Å². The molecule has 2 aromatic rings. The molecule has 0 aliphatic carbocycles. The Kier molecular flexibility index (Phi) is 9.44. The second kappa shape index (κ2) is 12.4. The summed E-state index contributed by atoms with van der Waals surface area (Å²) in [6.07, 6.45) is -2.96. The molecule has 2 aliphatic heterocycles. The predicted octanol–water partition coefficient (Wildman–Crippen LogP) is 1.45.